The maximum absolute atomic E-state index is 12.3. The molecule has 3 rings (SSSR count). The normalized spacial score (nSPS) is 13.5. The van der Waals surface area contributed by atoms with Gasteiger partial charge in [-0.1, -0.05) is 6.07 Å². The third kappa shape index (κ3) is 5.18. The molecule has 2 aromatic rings. The van der Waals surface area contributed by atoms with Crippen molar-refractivity contribution in [2.24, 2.45) is 0 Å². The highest BCUT2D eigenvalue weighted by atomic mass is 32.1. The summed E-state index contributed by atoms with van der Waals surface area (Å²) in [5.74, 6) is 0.131. The van der Waals surface area contributed by atoms with Crippen LogP contribution in [0.1, 0.15) is 10.4 Å². The van der Waals surface area contributed by atoms with E-state index in [-0.39, 0.29) is 10.8 Å². The van der Waals surface area contributed by atoms with Gasteiger partial charge in [0.25, 0.3) is 11.6 Å². The molecule has 1 saturated heterocycles. The number of nitro benzene ring substituents is 1. The Hall–Kier alpha value is -3.24. The van der Waals surface area contributed by atoms with E-state index in [0.717, 1.165) is 0 Å². The Morgan fingerprint density at radius 1 is 1.24 bits per heavy atom. The summed E-state index contributed by atoms with van der Waals surface area (Å²) in [6.07, 6.45) is 0. The van der Waals surface area contributed by atoms with Gasteiger partial charge in [0.2, 0.25) is 0 Å². The summed E-state index contributed by atoms with van der Waals surface area (Å²) in [7, 11) is 1.51. The number of anilines is 2. The molecule has 0 aliphatic carbocycles. The summed E-state index contributed by atoms with van der Waals surface area (Å²) in [4.78, 5) is 25.3. The summed E-state index contributed by atoms with van der Waals surface area (Å²) in [6, 6.07) is 11.4. The van der Waals surface area contributed by atoms with Crippen molar-refractivity contribution >= 4 is 40.3 Å². The topological polar surface area (TPSA) is 106 Å². The number of thiocarbonyl (C=S) groups is 1. The number of amides is 1. The maximum Gasteiger partial charge on any atom is 0.294 e. The fraction of sp³-hybridized carbons (Fsp3) is 0.263. The Labute approximate surface area is 172 Å². The van der Waals surface area contributed by atoms with Crippen molar-refractivity contribution in [1.29, 1.82) is 0 Å². The lowest BCUT2D eigenvalue weighted by molar-refractivity contribution is -0.384. The number of nitrogens with one attached hydrogen (secondary N) is 2. The van der Waals surface area contributed by atoms with E-state index >= 15 is 0 Å². The predicted molar refractivity (Wildman–Crippen MR) is 113 cm³/mol. The van der Waals surface area contributed by atoms with E-state index in [1.165, 1.54) is 13.2 Å². The van der Waals surface area contributed by atoms with Crippen molar-refractivity contribution in [3.63, 3.8) is 0 Å². The minimum atomic E-state index is -0.437. The molecule has 1 fully saturated rings. The van der Waals surface area contributed by atoms with Crippen LogP contribution in [0.25, 0.3) is 0 Å². The molecule has 29 heavy (non-hydrogen) atoms. The number of benzene rings is 2. The van der Waals surface area contributed by atoms with Gasteiger partial charge >= 0.3 is 0 Å². The van der Waals surface area contributed by atoms with Crippen molar-refractivity contribution in [3.8, 4) is 5.75 Å². The van der Waals surface area contributed by atoms with Crippen LogP contribution in [0.5, 0.6) is 5.75 Å². The molecule has 0 bridgehead atoms. The highest BCUT2D eigenvalue weighted by molar-refractivity contribution is 7.80. The number of morpholine rings is 1. The van der Waals surface area contributed by atoms with Crippen molar-refractivity contribution < 1.29 is 19.2 Å². The van der Waals surface area contributed by atoms with E-state index in [0.29, 0.717) is 49.0 Å². The average molecular weight is 416 g/mol. The molecule has 1 aliphatic rings. The molecule has 0 aromatic heterocycles. The number of methoxy groups -OCH3 is 1. The molecular weight excluding hydrogens is 396 g/mol. The molecule has 0 unspecified atom stereocenters. The third-order valence-electron chi connectivity index (χ3n) is 4.34. The van der Waals surface area contributed by atoms with Gasteiger partial charge < -0.3 is 19.7 Å². The Morgan fingerprint density at radius 3 is 2.69 bits per heavy atom. The van der Waals surface area contributed by atoms with E-state index in [1.54, 1.807) is 36.4 Å². The van der Waals surface area contributed by atoms with Crippen LogP contribution in [0.4, 0.5) is 17.1 Å². The van der Waals surface area contributed by atoms with Gasteiger partial charge in [0, 0.05) is 30.4 Å². The minimum Gasteiger partial charge on any atom is -0.497 e. The van der Waals surface area contributed by atoms with E-state index in [2.05, 4.69) is 10.6 Å². The number of carbonyl (C=O) groups is 1. The third-order valence-corrected chi connectivity index (χ3v) is 4.54. The summed E-state index contributed by atoms with van der Waals surface area (Å²) >= 11 is 5.17. The number of rotatable bonds is 5. The zero-order chi connectivity index (χ0) is 20.8. The first kappa shape index (κ1) is 20.5. The van der Waals surface area contributed by atoms with Gasteiger partial charge in [0.05, 0.1) is 25.2 Å². The van der Waals surface area contributed by atoms with Crippen LogP contribution in [0, 0.1) is 10.1 Å². The first-order chi connectivity index (χ1) is 14.0. The molecule has 9 nitrogen and oxygen atoms in total. The zero-order valence-corrected chi connectivity index (χ0v) is 16.5. The predicted octanol–water partition coefficient (Wildman–Crippen LogP) is 2.57. The molecule has 0 spiro atoms. The molecular formula is C19H20N4O5S. The summed E-state index contributed by atoms with van der Waals surface area (Å²) < 4.78 is 10.4. The van der Waals surface area contributed by atoms with Crippen molar-refractivity contribution in [2.45, 2.75) is 0 Å². The molecule has 152 valence electrons. The van der Waals surface area contributed by atoms with Crippen LogP contribution in [0.3, 0.4) is 0 Å². The minimum absolute atomic E-state index is 0.0336. The number of ether oxygens (including phenoxy) is 2. The molecule has 2 aromatic carbocycles. The second kappa shape index (κ2) is 9.30. The molecule has 0 atom stereocenters. The number of carbonyl (C=O) groups excluding carboxylic acids is 1. The average Bonchev–Trinajstić information content (AvgIpc) is 2.74. The standard InChI is InChI=1S/C19H20N4O5S/c1-27-15-4-2-3-13(11-15)18(24)21-19(29)20-14-5-6-16(17(12-14)23(25)26)22-7-9-28-10-8-22/h2-6,11-12H,7-10H2,1H3,(H2,20,21,24,29). The Bertz CT molecular complexity index is 931. The highest BCUT2D eigenvalue weighted by Crippen LogP contribution is 2.31. The van der Waals surface area contributed by atoms with Gasteiger partial charge in [0.1, 0.15) is 11.4 Å². The van der Waals surface area contributed by atoms with Crippen LogP contribution >= 0.6 is 12.2 Å². The first-order valence-corrected chi connectivity index (χ1v) is 9.26. The molecule has 0 saturated carbocycles. The van der Waals surface area contributed by atoms with E-state index in [9.17, 15) is 14.9 Å². The summed E-state index contributed by atoms with van der Waals surface area (Å²) in [5, 5.41) is 16.9. The second-order valence-electron chi connectivity index (χ2n) is 6.20. The van der Waals surface area contributed by atoms with Crippen molar-refractivity contribution in [1.82, 2.24) is 5.32 Å². The van der Waals surface area contributed by atoms with Crippen molar-refractivity contribution in [3.05, 3.63) is 58.1 Å². The molecule has 1 aliphatic heterocycles. The smallest absolute Gasteiger partial charge is 0.294 e. The number of nitro groups is 1. The number of hydrogen-bond acceptors (Lipinski definition) is 7. The molecule has 1 amide bonds. The Kier molecular flexibility index (Phi) is 6.57. The second-order valence-corrected chi connectivity index (χ2v) is 6.61. The SMILES string of the molecule is COc1cccc(C(=O)NC(=S)Nc2ccc(N3CCOCC3)c([N+](=O)[O-])c2)c1. The highest BCUT2D eigenvalue weighted by Gasteiger charge is 2.22. The summed E-state index contributed by atoms with van der Waals surface area (Å²) in [6.45, 7) is 2.22. The van der Waals surface area contributed by atoms with Crippen LogP contribution < -0.4 is 20.3 Å². The van der Waals surface area contributed by atoms with Crippen molar-refractivity contribution in [2.75, 3.05) is 43.6 Å². The van der Waals surface area contributed by atoms with Gasteiger partial charge in [-0.15, -0.1) is 0 Å². The van der Waals surface area contributed by atoms with Gasteiger partial charge in [0.15, 0.2) is 5.11 Å². The van der Waals surface area contributed by atoms with Gasteiger partial charge in [-0.2, -0.15) is 0 Å². The lowest BCUT2D eigenvalue weighted by Crippen LogP contribution is -2.36. The fourth-order valence-electron chi connectivity index (χ4n) is 2.92. The molecule has 0 radical (unpaired) electrons. The molecule has 1 heterocycles. The lowest BCUT2D eigenvalue weighted by atomic mass is 10.2. The lowest BCUT2D eigenvalue weighted by Gasteiger charge is -2.28. The first-order valence-electron chi connectivity index (χ1n) is 8.85. The van der Waals surface area contributed by atoms with Gasteiger partial charge in [-0.3, -0.25) is 20.2 Å². The number of hydrogen-bond donors (Lipinski definition) is 2. The summed E-state index contributed by atoms with van der Waals surface area (Å²) in [5.41, 5.74) is 1.26. The van der Waals surface area contributed by atoms with E-state index < -0.39 is 10.8 Å². The van der Waals surface area contributed by atoms with E-state index in [1.807, 2.05) is 4.90 Å². The van der Waals surface area contributed by atoms with Gasteiger partial charge in [-0.25, -0.2) is 0 Å². The van der Waals surface area contributed by atoms with Crippen LogP contribution in [-0.2, 0) is 4.74 Å². The Morgan fingerprint density at radius 2 is 2.00 bits per heavy atom. The van der Waals surface area contributed by atoms with Crippen LogP contribution in [-0.4, -0.2) is 49.4 Å². The van der Waals surface area contributed by atoms with E-state index in [4.69, 9.17) is 21.7 Å². The Balaban J connectivity index is 1.70. The fourth-order valence-corrected chi connectivity index (χ4v) is 3.13. The van der Waals surface area contributed by atoms with Crippen LogP contribution in [0.2, 0.25) is 0 Å². The zero-order valence-electron chi connectivity index (χ0n) is 15.7. The van der Waals surface area contributed by atoms with Crippen LogP contribution in [0.15, 0.2) is 42.5 Å². The molecule has 10 heteroatoms. The number of nitrogens with zero attached hydrogens (tertiary/aromatic N) is 2. The largest absolute Gasteiger partial charge is 0.497 e. The molecule has 2 N–H and O–H groups in total. The van der Waals surface area contributed by atoms with Gasteiger partial charge in [-0.05, 0) is 42.5 Å². The maximum atomic E-state index is 12.3. The monoisotopic (exact) mass is 416 g/mol. The quantitative estimate of drug-likeness (QED) is 0.435.